The average molecular weight is 452 g/mol. The van der Waals surface area contributed by atoms with E-state index in [2.05, 4.69) is 30.9 Å². The molecule has 4 rings (SSSR count). The molecule has 0 amide bonds. The van der Waals surface area contributed by atoms with E-state index in [4.69, 9.17) is 4.74 Å². The van der Waals surface area contributed by atoms with Crippen molar-refractivity contribution in [1.29, 1.82) is 0 Å². The fraction of sp³-hybridized carbons (Fsp3) is 0.524. The average Bonchev–Trinajstić information content (AvgIpc) is 3.17. The Kier molecular flexibility index (Phi) is 9.03. The van der Waals surface area contributed by atoms with E-state index < -0.39 is 17.5 Å². The Balaban J connectivity index is 0.00000289. The molecular weight excluding hydrogens is 426 g/mol. The van der Waals surface area contributed by atoms with Crippen LogP contribution in [0.2, 0.25) is 0 Å². The monoisotopic (exact) mass is 452 g/mol. The van der Waals surface area contributed by atoms with Crippen molar-refractivity contribution in [3.63, 3.8) is 0 Å². The van der Waals surface area contributed by atoms with Gasteiger partial charge in [0.2, 0.25) is 11.9 Å². The number of rotatable bonds is 6. The number of nitrogens with zero attached hydrogens (tertiary/aromatic N) is 3. The van der Waals surface area contributed by atoms with Gasteiger partial charge in [0.05, 0.1) is 0 Å². The molecule has 2 aliphatic rings. The fourth-order valence-electron chi connectivity index (χ4n) is 3.88. The van der Waals surface area contributed by atoms with Crippen LogP contribution >= 0.6 is 0 Å². The first-order valence-electron chi connectivity index (χ1n) is 10.8. The van der Waals surface area contributed by atoms with Crippen molar-refractivity contribution in [1.82, 2.24) is 20.3 Å². The quantitative estimate of drug-likeness (QED) is 0.306. The first-order valence-corrected chi connectivity index (χ1v) is 10.8. The minimum atomic E-state index is -0.880. The summed E-state index contributed by atoms with van der Waals surface area (Å²) in [4.78, 5) is 25.2. The number of carbonyl (C=O) groups excluding carboxylic acids is 1. The van der Waals surface area contributed by atoms with Crippen molar-refractivity contribution < 1.29 is 48.6 Å². The molecule has 32 heavy (non-hydrogen) atoms. The second-order valence-electron chi connectivity index (χ2n) is 7.94. The number of aromatic nitrogens is 3. The van der Waals surface area contributed by atoms with Gasteiger partial charge in [-0.2, -0.15) is 15.0 Å². The van der Waals surface area contributed by atoms with Crippen LogP contribution in [-0.2, 0) is 4.79 Å². The van der Waals surface area contributed by atoms with Crippen LogP contribution in [0.15, 0.2) is 18.2 Å². The maximum atomic E-state index is 13.6. The zero-order valence-electron chi connectivity index (χ0n) is 18.2. The molecule has 166 valence electrons. The number of esters is 1. The van der Waals surface area contributed by atoms with Crippen LogP contribution in [0.1, 0.15) is 51.4 Å². The molecule has 0 spiro atoms. The summed E-state index contributed by atoms with van der Waals surface area (Å²) in [6.07, 6.45) is 8.29. The van der Waals surface area contributed by atoms with Gasteiger partial charge in [-0.25, -0.2) is 9.18 Å². The predicted molar refractivity (Wildman–Crippen MR) is 111 cm³/mol. The summed E-state index contributed by atoms with van der Waals surface area (Å²) in [7, 11) is 0. The summed E-state index contributed by atoms with van der Waals surface area (Å²) in [5.74, 6) is -1.65. The van der Waals surface area contributed by atoms with Gasteiger partial charge in [-0.1, -0.05) is 37.5 Å². The second kappa shape index (κ2) is 11.7. The number of nitrogens with one attached hydrogen (secondary N) is 3. The van der Waals surface area contributed by atoms with E-state index in [9.17, 15) is 14.3 Å². The molecule has 0 radical (unpaired) electrons. The van der Waals surface area contributed by atoms with Gasteiger partial charge in [0.15, 0.2) is 0 Å². The molecule has 2 fully saturated rings. The zero-order chi connectivity index (χ0) is 21.6. The van der Waals surface area contributed by atoms with Gasteiger partial charge in [-0.15, -0.1) is 0 Å². The van der Waals surface area contributed by atoms with Crippen molar-refractivity contribution >= 4 is 23.6 Å². The van der Waals surface area contributed by atoms with Gasteiger partial charge >= 0.3 is 41.5 Å². The van der Waals surface area contributed by atoms with E-state index in [1.54, 1.807) is 0 Å². The van der Waals surface area contributed by atoms with Crippen LogP contribution in [0, 0.1) is 5.82 Å². The standard InChI is InChI=1S/C21H27FN6O3.Na/c22-15-12-14(9-10-17(15)29)25-20-26-19(24-13-6-3-1-2-4-7-13)27-21(28-20)31-18(30)16-8-5-11-23-16;/h9-10,12-13,16,23,29H,1-8,11H2,(H2,24,25,26,27,28);/q;+1/p-1. The molecule has 0 bridgehead atoms. The third-order valence-electron chi connectivity index (χ3n) is 5.53. The molecule has 1 saturated heterocycles. The summed E-state index contributed by atoms with van der Waals surface area (Å²) in [6.45, 7) is 0.763. The molecule has 1 saturated carbocycles. The molecule has 1 aromatic heterocycles. The largest absolute Gasteiger partial charge is 1.00 e. The number of anilines is 3. The summed E-state index contributed by atoms with van der Waals surface area (Å²) in [5.41, 5.74) is 0.304. The fourth-order valence-corrected chi connectivity index (χ4v) is 3.88. The molecule has 2 aromatic rings. The Hall–Kier alpha value is -2.01. The third-order valence-corrected chi connectivity index (χ3v) is 5.53. The zero-order valence-corrected chi connectivity index (χ0v) is 20.2. The Labute approximate surface area is 208 Å². The Morgan fingerprint density at radius 3 is 2.50 bits per heavy atom. The van der Waals surface area contributed by atoms with E-state index in [-0.39, 0.29) is 59.5 Å². The topological polar surface area (TPSA) is 124 Å². The van der Waals surface area contributed by atoms with Crippen molar-refractivity contribution in [3.8, 4) is 11.8 Å². The van der Waals surface area contributed by atoms with Gasteiger partial charge in [-0.05, 0) is 44.4 Å². The number of hydrogen-bond donors (Lipinski definition) is 3. The van der Waals surface area contributed by atoms with E-state index in [0.29, 0.717) is 12.1 Å². The van der Waals surface area contributed by atoms with E-state index in [1.165, 1.54) is 18.9 Å². The molecule has 2 heterocycles. The maximum Gasteiger partial charge on any atom is 1.00 e. The minimum absolute atomic E-state index is 0. The first kappa shape index (κ1) is 24.6. The second-order valence-corrected chi connectivity index (χ2v) is 7.94. The number of carbonyl (C=O) groups is 1. The summed E-state index contributed by atoms with van der Waals surface area (Å²) in [6, 6.07) is 3.32. The number of benzene rings is 1. The molecule has 1 aromatic carbocycles. The number of halogens is 1. The Bertz CT molecular complexity index is 920. The molecule has 3 N–H and O–H groups in total. The molecule has 1 aliphatic carbocycles. The number of ether oxygens (including phenoxy) is 1. The maximum absolute atomic E-state index is 13.6. The molecule has 1 aliphatic heterocycles. The summed E-state index contributed by atoms with van der Waals surface area (Å²) >= 11 is 0. The van der Waals surface area contributed by atoms with Crippen LogP contribution in [-0.4, -0.2) is 39.5 Å². The summed E-state index contributed by atoms with van der Waals surface area (Å²) < 4.78 is 19.0. The third kappa shape index (κ3) is 6.74. The molecule has 1 atom stereocenters. The van der Waals surface area contributed by atoms with Crippen LogP contribution < -0.4 is 55.4 Å². The molecule has 9 nitrogen and oxygen atoms in total. The van der Waals surface area contributed by atoms with Crippen LogP contribution in [0.3, 0.4) is 0 Å². The smallest absolute Gasteiger partial charge is 0.870 e. The van der Waals surface area contributed by atoms with Gasteiger partial charge in [0, 0.05) is 11.7 Å². The SMILES string of the molecule is O=C(Oc1nc(Nc2ccc([O-])c(F)c2)nc(NC2CCCCCC2)n1)C1CCCN1.[Na+]. The van der Waals surface area contributed by atoms with Gasteiger partial charge in [0.25, 0.3) is 0 Å². The van der Waals surface area contributed by atoms with Crippen LogP contribution in [0.4, 0.5) is 22.0 Å². The number of hydrogen-bond acceptors (Lipinski definition) is 9. The van der Waals surface area contributed by atoms with E-state index in [1.807, 2.05) is 0 Å². The molecule has 11 heteroatoms. The first-order chi connectivity index (χ1) is 15.1. The van der Waals surface area contributed by atoms with Gasteiger partial charge in [0.1, 0.15) is 11.9 Å². The van der Waals surface area contributed by atoms with Crippen molar-refractivity contribution in [2.24, 2.45) is 0 Å². The normalized spacial score (nSPS) is 19.0. The Morgan fingerprint density at radius 1 is 1.06 bits per heavy atom. The van der Waals surface area contributed by atoms with E-state index in [0.717, 1.165) is 50.8 Å². The predicted octanol–water partition coefficient (Wildman–Crippen LogP) is -0.376. The van der Waals surface area contributed by atoms with Crippen molar-refractivity contribution in [2.75, 3.05) is 17.2 Å². The van der Waals surface area contributed by atoms with Crippen LogP contribution in [0.5, 0.6) is 11.8 Å². The van der Waals surface area contributed by atoms with E-state index >= 15 is 0 Å². The molecule has 1 unspecified atom stereocenters. The van der Waals surface area contributed by atoms with Crippen molar-refractivity contribution in [2.45, 2.75) is 63.5 Å². The van der Waals surface area contributed by atoms with Crippen LogP contribution in [0.25, 0.3) is 0 Å². The van der Waals surface area contributed by atoms with Gasteiger partial charge in [-0.3, -0.25) is 0 Å². The van der Waals surface area contributed by atoms with Gasteiger partial charge < -0.3 is 25.8 Å². The Morgan fingerprint density at radius 2 is 1.81 bits per heavy atom. The molecular formula is C21H26FN6NaO3. The van der Waals surface area contributed by atoms with Crippen molar-refractivity contribution in [3.05, 3.63) is 24.0 Å². The minimum Gasteiger partial charge on any atom is -0.870 e. The summed E-state index contributed by atoms with van der Waals surface area (Å²) in [5, 5.41) is 20.6.